The van der Waals surface area contributed by atoms with Crippen molar-refractivity contribution in [3.05, 3.63) is 143 Å². The minimum Gasteiger partial charge on any atom is -0.380 e. The fourth-order valence-electron chi connectivity index (χ4n) is 3.50. The van der Waals surface area contributed by atoms with Gasteiger partial charge in [-0.2, -0.15) is 0 Å². The first-order chi connectivity index (χ1) is 16.0. The summed E-state index contributed by atoms with van der Waals surface area (Å²) in [5.41, 5.74) is 3.82. The standard InChI is InChI=1S/C16H16O.C14H12O2/c1-12(2)14-10-6-7-11-15(14)16(17)13-8-4-3-5-9-13;15-13(11-7-3-1-4-8-11)14(16)12-9-5-2-6-10-12/h3-12H,1-2H3;1-10,13,15H. The first kappa shape index (κ1) is 23.8. The molecule has 3 nitrogen and oxygen atoms in total. The number of carbonyl (C=O) groups excluding carboxylic acids is 2. The molecule has 1 unspecified atom stereocenters. The van der Waals surface area contributed by atoms with Crippen LogP contribution in [0.15, 0.2) is 115 Å². The third-order valence-corrected chi connectivity index (χ3v) is 5.29. The van der Waals surface area contributed by atoms with Gasteiger partial charge in [0.1, 0.15) is 6.10 Å². The lowest BCUT2D eigenvalue weighted by atomic mass is 9.92. The van der Waals surface area contributed by atoms with Gasteiger partial charge >= 0.3 is 0 Å². The summed E-state index contributed by atoms with van der Waals surface area (Å²) in [7, 11) is 0. The first-order valence-electron chi connectivity index (χ1n) is 11.0. The van der Waals surface area contributed by atoms with Gasteiger partial charge in [0, 0.05) is 16.7 Å². The summed E-state index contributed by atoms with van der Waals surface area (Å²) in [6, 6.07) is 35.0. The molecule has 4 aromatic rings. The Morgan fingerprint density at radius 3 is 1.61 bits per heavy atom. The predicted octanol–water partition coefficient (Wildman–Crippen LogP) is 6.64. The summed E-state index contributed by atoms with van der Waals surface area (Å²) in [6.45, 7) is 4.22. The topological polar surface area (TPSA) is 54.4 Å². The van der Waals surface area contributed by atoms with Crippen molar-refractivity contribution >= 4 is 11.6 Å². The summed E-state index contributed by atoms with van der Waals surface area (Å²) in [6.07, 6.45) is -1.08. The molecule has 0 amide bonds. The molecular weight excluding hydrogens is 408 g/mol. The van der Waals surface area contributed by atoms with Gasteiger partial charge in [-0.15, -0.1) is 0 Å². The summed E-state index contributed by atoms with van der Waals surface area (Å²) in [4.78, 5) is 24.3. The Labute approximate surface area is 195 Å². The maximum Gasteiger partial charge on any atom is 0.195 e. The summed E-state index contributed by atoms with van der Waals surface area (Å²) in [5, 5.41) is 9.89. The Hall–Kier alpha value is -3.82. The molecule has 166 valence electrons. The van der Waals surface area contributed by atoms with E-state index < -0.39 is 6.10 Å². The van der Waals surface area contributed by atoms with Crippen molar-refractivity contribution in [1.82, 2.24) is 0 Å². The predicted molar refractivity (Wildman–Crippen MR) is 133 cm³/mol. The zero-order valence-corrected chi connectivity index (χ0v) is 18.9. The Morgan fingerprint density at radius 1 is 0.606 bits per heavy atom. The number of benzene rings is 4. The lowest BCUT2D eigenvalue weighted by Crippen LogP contribution is -2.11. The van der Waals surface area contributed by atoms with Crippen molar-refractivity contribution in [2.75, 3.05) is 0 Å². The second-order valence-corrected chi connectivity index (χ2v) is 7.98. The van der Waals surface area contributed by atoms with E-state index in [2.05, 4.69) is 13.8 Å². The highest BCUT2D eigenvalue weighted by molar-refractivity contribution is 6.10. The van der Waals surface area contributed by atoms with Crippen molar-refractivity contribution in [3.63, 3.8) is 0 Å². The van der Waals surface area contributed by atoms with E-state index in [1.165, 1.54) is 0 Å². The Balaban J connectivity index is 0.000000186. The van der Waals surface area contributed by atoms with Crippen molar-refractivity contribution < 1.29 is 14.7 Å². The monoisotopic (exact) mass is 436 g/mol. The molecule has 4 aromatic carbocycles. The third-order valence-electron chi connectivity index (χ3n) is 5.29. The highest BCUT2D eigenvalue weighted by atomic mass is 16.3. The molecule has 0 spiro atoms. The number of aliphatic hydroxyl groups excluding tert-OH is 1. The molecule has 0 radical (unpaired) electrons. The molecule has 0 aromatic heterocycles. The normalized spacial score (nSPS) is 11.3. The van der Waals surface area contributed by atoms with Gasteiger partial charge < -0.3 is 5.11 Å². The molecule has 1 N–H and O–H groups in total. The van der Waals surface area contributed by atoms with Crippen molar-refractivity contribution in [3.8, 4) is 0 Å². The highest BCUT2D eigenvalue weighted by Crippen LogP contribution is 2.22. The van der Waals surface area contributed by atoms with Crippen LogP contribution in [0, 0.1) is 0 Å². The first-order valence-corrected chi connectivity index (χ1v) is 11.0. The number of ketones is 2. The largest absolute Gasteiger partial charge is 0.380 e. The maximum absolute atomic E-state index is 12.4. The Bertz CT molecular complexity index is 1170. The van der Waals surface area contributed by atoms with E-state index in [0.717, 1.165) is 16.7 Å². The summed E-state index contributed by atoms with van der Waals surface area (Å²) >= 11 is 0. The number of carbonyl (C=O) groups is 2. The number of hydrogen-bond acceptors (Lipinski definition) is 3. The minimum atomic E-state index is -1.08. The van der Waals surface area contributed by atoms with E-state index in [9.17, 15) is 14.7 Å². The summed E-state index contributed by atoms with van der Waals surface area (Å²) < 4.78 is 0. The van der Waals surface area contributed by atoms with Crippen LogP contribution in [0.5, 0.6) is 0 Å². The molecule has 0 heterocycles. The molecule has 1 atom stereocenters. The zero-order chi connectivity index (χ0) is 23.6. The summed E-state index contributed by atoms with van der Waals surface area (Å²) in [5.74, 6) is 0.195. The van der Waals surface area contributed by atoms with Gasteiger partial charge in [-0.3, -0.25) is 9.59 Å². The average molecular weight is 437 g/mol. The number of rotatable bonds is 6. The van der Waals surface area contributed by atoms with Crippen molar-refractivity contribution in [2.45, 2.75) is 25.9 Å². The van der Waals surface area contributed by atoms with Crippen LogP contribution >= 0.6 is 0 Å². The molecule has 3 heteroatoms. The van der Waals surface area contributed by atoms with Gasteiger partial charge in [0.2, 0.25) is 0 Å². The van der Waals surface area contributed by atoms with Crippen LogP contribution in [0.2, 0.25) is 0 Å². The van der Waals surface area contributed by atoms with E-state index in [1.807, 2.05) is 66.7 Å². The smallest absolute Gasteiger partial charge is 0.195 e. The fraction of sp³-hybridized carbons (Fsp3) is 0.133. The quantitative estimate of drug-likeness (QED) is 0.345. The number of Topliss-reactive ketones (excluding diaryl/α,β-unsaturated/α-hetero) is 1. The zero-order valence-electron chi connectivity index (χ0n) is 18.9. The molecule has 0 aliphatic heterocycles. The fourth-order valence-corrected chi connectivity index (χ4v) is 3.50. The van der Waals surface area contributed by atoms with Crippen LogP contribution in [0.3, 0.4) is 0 Å². The third kappa shape index (κ3) is 6.34. The van der Waals surface area contributed by atoms with Crippen LogP contribution in [0.4, 0.5) is 0 Å². The molecule has 33 heavy (non-hydrogen) atoms. The van der Waals surface area contributed by atoms with Crippen LogP contribution in [-0.4, -0.2) is 16.7 Å². The van der Waals surface area contributed by atoms with Crippen LogP contribution in [-0.2, 0) is 0 Å². The lowest BCUT2D eigenvalue weighted by Gasteiger charge is -2.11. The molecule has 4 rings (SSSR count). The minimum absolute atomic E-state index is 0.106. The van der Waals surface area contributed by atoms with Gasteiger partial charge in [0.25, 0.3) is 0 Å². The molecule has 0 fully saturated rings. The molecule has 0 aliphatic rings. The molecule has 0 saturated carbocycles. The van der Waals surface area contributed by atoms with Gasteiger partial charge in [-0.05, 0) is 17.0 Å². The number of aliphatic hydroxyl groups is 1. The van der Waals surface area contributed by atoms with Crippen molar-refractivity contribution in [2.24, 2.45) is 0 Å². The SMILES string of the molecule is CC(C)c1ccccc1C(=O)c1ccccc1.O=C(c1ccccc1)C(O)c1ccccc1. The molecular formula is C30H28O3. The maximum atomic E-state index is 12.4. The Kier molecular flexibility index (Phi) is 8.45. The van der Waals surface area contributed by atoms with Crippen LogP contribution in [0.1, 0.15) is 63.3 Å². The second-order valence-electron chi connectivity index (χ2n) is 7.98. The van der Waals surface area contributed by atoms with E-state index in [-0.39, 0.29) is 11.6 Å². The van der Waals surface area contributed by atoms with Crippen LogP contribution < -0.4 is 0 Å². The van der Waals surface area contributed by atoms with E-state index >= 15 is 0 Å². The molecule has 0 bridgehead atoms. The van der Waals surface area contributed by atoms with Gasteiger partial charge in [0.15, 0.2) is 11.6 Å². The number of hydrogen-bond donors (Lipinski definition) is 1. The highest BCUT2D eigenvalue weighted by Gasteiger charge is 2.18. The van der Waals surface area contributed by atoms with Gasteiger partial charge in [-0.25, -0.2) is 0 Å². The van der Waals surface area contributed by atoms with Gasteiger partial charge in [0.05, 0.1) is 0 Å². The lowest BCUT2D eigenvalue weighted by molar-refractivity contribution is 0.0747. The second kappa shape index (κ2) is 11.7. The van der Waals surface area contributed by atoms with Crippen LogP contribution in [0.25, 0.3) is 0 Å². The van der Waals surface area contributed by atoms with E-state index in [0.29, 0.717) is 17.0 Å². The molecule has 0 aliphatic carbocycles. The average Bonchev–Trinajstić information content (AvgIpc) is 2.89. The Morgan fingerprint density at radius 2 is 1.06 bits per heavy atom. The van der Waals surface area contributed by atoms with Gasteiger partial charge in [-0.1, -0.05) is 129 Å². The van der Waals surface area contributed by atoms with E-state index in [4.69, 9.17) is 0 Å². The molecule has 0 saturated heterocycles. The van der Waals surface area contributed by atoms with Crippen molar-refractivity contribution in [1.29, 1.82) is 0 Å². The van der Waals surface area contributed by atoms with E-state index in [1.54, 1.807) is 48.5 Å².